The van der Waals surface area contributed by atoms with E-state index in [2.05, 4.69) is 4.98 Å². The zero-order chi connectivity index (χ0) is 11.5. The summed E-state index contributed by atoms with van der Waals surface area (Å²) in [6.45, 7) is 0. The van der Waals surface area contributed by atoms with E-state index in [1.165, 1.54) is 11.3 Å². The molecular formula is C11H9ClN2OS. The van der Waals surface area contributed by atoms with E-state index in [0.29, 0.717) is 22.7 Å². The minimum absolute atomic E-state index is 0.0209. The number of nitrogens with two attached hydrogens (primary N) is 1. The van der Waals surface area contributed by atoms with Crippen LogP contribution in [0.1, 0.15) is 15.2 Å². The van der Waals surface area contributed by atoms with Gasteiger partial charge < -0.3 is 5.73 Å². The zero-order valence-electron chi connectivity index (χ0n) is 8.31. The third kappa shape index (κ3) is 2.40. The first-order valence-corrected chi connectivity index (χ1v) is 5.88. The Labute approximate surface area is 102 Å². The molecule has 0 saturated carbocycles. The zero-order valence-corrected chi connectivity index (χ0v) is 9.89. The average molecular weight is 253 g/mol. The fraction of sp³-hybridized carbons (Fsp3) is 0.0909. The SMILES string of the molecule is Nc1cc(C(=O)Cc2cncs2)ccc1Cl. The van der Waals surface area contributed by atoms with Crippen LogP contribution in [-0.4, -0.2) is 10.8 Å². The monoisotopic (exact) mass is 252 g/mol. The lowest BCUT2D eigenvalue weighted by atomic mass is 10.1. The maximum Gasteiger partial charge on any atom is 0.168 e. The van der Waals surface area contributed by atoms with Crippen LogP contribution in [0.4, 0.5) is 5.69 Å². The number of Topliss-reactive ketones (excluding diaryl/α,β-unsaturated/α-hetero) is 1. The van der Waals surface area contributed by atoms with E-state index in [0.717, 1.165) is 4.88 Å². The Bertz CT molecular complexity index is 511. The van der Waals surface area contributed by atoms with Gasteiger partial charge in [0.1, 0.15) is 0 Å². The summed E-state index contributed by atoms with van der Waals surface area (Å²) in [6.07, 6.45) is 2.05. The second-order valence-electron chi connectivity index (χ2n) is 3.30. The third-order valence-corrected chi connectivity index (χ3v) is 3.26. The van der Waals surface area contributed by atoms with Gasteiger partial charge in [-0.25, -0.2) is 0 Å². The number of hydrogen-bond donors (Lipinski definition) is 1. The van der Waals surface area contributed by atoms with Crippen molar-refractivity contribution in [1.82, 2.24) is 4.98 Å². The standard InChI is InChI=1S/C11H9ClN2OS/c12-9-2-1-7(3-10(9)13)11(15)4-8-5-14-6-16-8/h1-3,5-6H,4,13H2. The molecule has 3 nitrogen and oxygen atoms in total. The highest BCUT2D eigenvalue weighted by Crippen LogP contribution is 2.20. The molecule has 0 amide bonds. The topological polar surface area (TPSA) is 56.0 Å². The number of carbonyl (C=O) groups is 1. The molecule has 0 saturated heterocycles. The smallest absolute Gasteiger partial charge is 0.168 e. The van der Waals surface area contributed by atoms with Crippen LogP contribution >= 0.6 is 22.9 Å². The van der Waals surface area contributed by atoms with Crippen molar-refractivity contribution < 1.29 is 4.79 Å². The van der Waals surface area contributed by atoms with Crippen molar-refractivity contribution in [2.75, 3.05) is 5.73 Å². The van der Waals surface area contributed by atoms with Crippen LogP contribution in [0.15, 0.2) is 29.9 Å². The van der Waals surface area contributed by atoms with E-state index in [1.54, 1.807) is 29.9 Å². The number of nitrogens with zero attached hydrogens (tertiary/aromatic N) is 1. The molecule has 0 aliphatic heterocycles. The molecule has 0 atom stereocenters. The van der Waals surface area contributed by atoms with Gasteiger partial charge in [-0.15, -0.1) is 11.3 Å². The van der Waals surface area contributed by atoms with Crippen molar-refractivity contribution in [3.8, 4) is 0 Å². The molecule has 2 N–H and O–H groups in total. The molecule has 0 fully saturated rings. The van der Waals surface area contributed by atoms with Gasteiger partial charge in [-0.1, -0.05) is 11.6 Å². The maximum atomic E-state index is 11.9. The number of thiazole rings is 1. The fourth-order valence-corrected chi connectivity index (χ4v) is 2.02. The summed E-state index contributed by atoms with van der Waals surface area (Å²) in [4.78, 5) is 16.7. The first-order valence-electron chi connectivity index (χ1n) is 4.62. The highest BCUT2D eigenvalue weighted by atomic mass is 35.5. The minimum atomic E-state index is 0.0209. The van der Waals surface area contributed by atoms with Crippen molar-refractivity contribution >= 4 is 34.4 Å². The van der Waals surface area contributed by atoms with Crippen molar-refractivity contribution in [1.29, 1.82) is 0 Å². The van der Waals surface area contributed by atoms with E-state index < -0.39 is 0 Å². The predicted molar refractivity (Wildman–Crippen MR) is 66.0 cm³/mol. The second-order valence-corrected chi connectivity index (χ2v) is 4.68. The molecule has 0 aliphatic carbocycles. The van der Waals surface area contributed by atoms with Crippen LogP contribution in [0.5, 0.6) is 0 Å². The van der Waals surface area contributed by atoms with Gasteiger partial charge in [0.2, 0.25) is 0 Å². The highest BCUT2D eigenvalue weighted by molar-refractivity contribution is 7.09. The number of carbonyl (C=O) groups excluding carboxylic acids is 1. The number of benzene rings is 1. The Balaban J connectivity index is 2.18. The molecule has 0 unspecified atom stereocenters. The average Bonchev–Trinajstić information content (AvgIpc) is 2.74. The molecule has 16 heavy (non-hydrogen) atoms. The van der Waals surface area contributed by atoms with Crippen LogP contribution < -0.4 is 5.73 Å². The normalized spacial score (nSPS) is 10.3. The van der Waals surface area contributed by atoms with E-state index in [4.69, 9.17) is 17.3 Å². The molecule has 2 aromatic rings. The van der Waals surface area contributed by atoms with Crippen molar-refractivity contribution in [3.05, 3.63) is 45.4 Å². The van der Waals surface area contributed by atoms with Crippen molar-refractivity contribution in [3.63, 3.8) is 0 Å². The van der Waals surface area contributed by atoms with E-state index in [9.17, 15) is 4.79 Å². The first kappa shape index (κ1) is 11.1. The molecule has 1 heterocycles. The number of ketones is 1. The van der Waals surface area contributed by atoms with E-state index in [1.807, 2.05) is 0 Å². The molecule has 0 spiro atoms. The van der Waals surface area contributed by atoms with Crippen LogP contribution in [0.25, 0.3) is 0 Å². The van der Waals surface area contributed by atoms with Crippen molar-refractivity contribution in [2.24, 2.45) is 0 Å². The third-order valence-electron chi connectivity index (χ3n) is 2.14. The van der Waals surface area contributed by atoms with Gasteiger partial charge in [0.05, 0.1) is 16.2 Å². The molecule has 0 bridgehead atoms. The number of rotatable bonds is 3. The van der Waals surface area contributed by atoms with Gasteiger partial charge >= 0.3 is 0 Å². The van der Waals surface area contributed by atoms with Gasteiger partial charge in [-0.05, 0) is 18.2 Å². The fourth-order valence-electron chi connectivity index (χ4n) is 1.31. The molecular weight excluding hydrogens is 244 g/mol. The Morgan fingerprint density at radius 2 is 2.31 bits per heavy atom. The molecule has 82 valence electrons. The summed E-state index contributed by atoms with van der Waals surface area (Å²) in [5, 5.41) is 0.467. The second kappa shape index (κ2) is 4.63. The van der Waals surface area contributed by atoms with Gasteiger partial charge in [0, 0.05) is 23.1 Å². The Kier molecular flexibility index (Phi) is 3.22. The Morgan fingerprint density at radius 1 is 1.50 bits per heavy atom. The molecule has 0 radical (unpaired) electrons. The largest absolute Gasteiger partial charge is 0.398 e. The minimum Gasteiger partial charge on any atom is -0.398 e. The number of nitrogen functional groups attached to an aromatic ring is 1. The number of hydrogen-bond acceptors (Lipinski definition) is 4. The molecule has 2 rings (SSSR count). The summed E-state index contributed by atoms with van der Waals surface area (Å²) in [7, 11) is 0. The lowest BCUT2D eigenvalue weighted by molar-refractivity contribution is 0.0994. The lowest BCUT2D eigenvalue weighted by Gasteiger charge is -2.02. The van der Waals surface area contributed by atoms with E-state index in [-0.39, 0.29) is 5.78 Å². The first-order chi connectivity index (χ1) is 7.66. The summed E-state index contributed by atoms with van der Waals surface area (Å²) < 4.78 is 0. The summed E-state index contributed by atoms with van der Waals surface area (Å²) in [5.74, 6) is 0.0209. The number of anilines is 1. The molecule has 0 aliphatic rings. The van der Waals surface area contributed by atoms with Crippen LogP contribution in [0.3, 0.4) is 0 Å². The van der Waals surface area contributed by atoms with Crippen LogP contribution in [0, 0.1) is 0 Å². The van der Waals surface area contributed by atoms with Gasteiger partial charge in [-0.3, -0.25) is 9.78 Å². The van der Waals surface area contributed by atoms with Gasteiger partial charge in [-0.2, -0.15) is 0 Å². The highest BCUT2D eigenvalue weighted by Gasteiger charge is 2.09. The number of halogens is 1. The van der Waals surface area contributed by atoms with E-state index >= 15 is 0 Å². The summed E-state index contributed by atoms with van der Waals surface area (Å²) >= 11 is 7.25. The van der Waals surface area contributed by atoms with Gasteiger partial charge in [0.15, 0.2) is 5.78 Å². The number of aromatic nitrogens is 1. The predicted octanol–water partition coefficient (Wildman–Crippen LogP) is 2.80. The van der Waals surface area contributed by atoms with Crippen LogP contribution in [-0.2, 0) is 6.42 Å². The molecule has 1 aromatic heterocycles. The van der Waals surface area contributed by atoms with Gasteiger partial charge in [0.25, 0.3) is 0 Å². The van der Waals surface area contributed by atoms with Crippen molar-refractivity contribution in [2.45, 2.75) is 6.42 Å². The summed E-state index contributed by atoms with van der Waals surface area (Å²) in [6, 6.07) is 4.92. The van der Waals surface area contributed by atoms with Crippen LogP contribution in [0.2, 0.25) is 5.02 Å². The summed E-state index contributed by atoms with van der Waals surface area (Å²) in [5.41, 5.74) is 8.35. The Morgan fingerprint density at radius 3 is 2.94 bits per heavy atom. The lowest BCUT2D eigenvalue weighted by Crippen LogP contribution is -2.03. The molecule has 5 heteroatoms. The quantitative estimate of drug-likeness (QED) is 0.675. The Hall–Kier alpha value is -1.39. The molecule has 1 aromatic carbocycles. The maximum absolute atomic E-state index is 11.9.